The van der Waals surface area contributed by atoms with Crippen LogP contribution in [0.5, 0.6) is 0 Å². The maximum Gasteiger partial charge on any atom is 0.252 e. The van der Waals surface area contributed by atoms with Crippen molar-refractivity contribution in [3.63, 3.8) is 0 Å². The van der Waals surface area contributed by atoms with Crippen LogP contribution in [0, 0.1) is 0 Å². The normalized spacial score (nSPS) is 22.5. The fraction of sp³-hybridized carbons (Fsp3) is 0.857. The molecule has 2 fully saturated rings. The lowest BCUT2D eigenvalue weighted by Gasteiger charge is -2.28. The summed E-state index contributed by atoms with van der Waals surface area (Å²) in [5.41, 5.74) is 5.62. The first-order valence-electron chi connectivity index (χ1n) is 7.89. The molecule has 0 aromatic heterocycles. The maximum atomic E-state index is 12.0. The summed E-state index contributed by atoms with van der Waals surface area (Å²) in [5.74, 6) is -0.474. The van der Waals surface area contributed by atoms with Crippen LogP contribution in [-0.4, -0.2) is 53.4 Å². The Morgan fingerprint density at radius 2 is 1.33 bits per heavy atom. The van der Waals surface area contributed by atoms with E-state index in [9.17, 15) is 9.59 Å². The first kappa shape index (κ1) is 16.5. The van der Waals surface area contributed by atoms with Gasteiger partial charge in [0.05, 0.1) is 6.42 Å². The first-order chi connectivity index (χ1) is 10.1. The standard InChI is InChI=1S/C14H25ClN4O2/c15-12(14(21)17-19-9-5-2-6-10-19)11-13(20)16-18-7-3-1-4-8-18/h12H,1-11H2,(H,16,20)(H,17,21). The summed E-state index contributed by atoms with van der Waals surface area (Å²) in [6, 6.07) is 0. The molecule has 6 nitrogen and oxygen atoms in total. The molecule has 21 heavy (non-hydrogen) atoms. The van der Waals surface area contributed by atoms with Gasteiger partial charge in [0.15, 0.2) is 0 Å². The molecule has 0 aliphatic carbocycles. The third-order valence-corrected chi connectivity index (χ3v) is 4.26. The number of alkyl halides is 1. The highest BCUT2D eigenvalue weighted by atomic mass is 35.5. The molecule has 2 N–H and O–H groups in total. The van der Waals surface area contributed by atoms with Gasteiger partial charge in [-0.1, -0.05) is 12.8 Å². The lowest BCUT2D eigenvalue weighted by Crippen LogP contribution is -2.50. The summed E-state index contributed by atoms with van der Waals surface area (Å²) in [7, 11) is 0. The molecule has 2 aliphatic heterocycles. The van der Waals surface area contributed by atoms with Crippen molar-refractivity contribution in [2.45, 2.75) is 50.3 Å². The van der Waals surface area contributed by atoms with Gasteiger partial charge in [-0.05, 0) is 25.7 Å². The summed E-state index contributed by atoms with van der Waals surface area (Å²) in [6.45, 7) is 3.46. The molecule has 2 aliphatic rings. The van der Waals surface area contributed by atoms with Crippen LogP contribution in [0.3, 0.4) is 0 Å². The predicted molar refractivity (Wildman–Crippen MR) is 81.4 cm³/mol. The van der Waals surface area contributed by atoms with E-state index < -0.39 is 5.38 Å². The fourth-order valence-electron chi connectivity index (χ4n) is 2.71. The van der Waals surface area contributed by atoms with E-state index in [1.807, 2.05) is 10.0 Å². The maximum absolute atomic E-state index is 12.0. The summed E-state index contributed by atoms with van der Waals surface area (Å²) in [4.78, 5) is 23.8. The van der Waals surface area contributed by atoms with E-state index in [0.29, 0.717) is 0 Å². The van der Waals surface area contributed by atoms with Crippen molar-refractivity contribution >= 4 is 23.4 Å². The third-order valence-electron chi connectivity index (χ3n) is 3.91. The molecular weight excluding hydrogens is 292 g/mol. The Kier molecular flexibility index (Phi) is 6.73. The lowest BCUT2D eigenvalue weighted by atomic mass is 10.2. The molecule has 2 heterocycles. The highest BCUT2D eigenvalue weighted by molar-refractivity contribution is 6.31. The van der Waals surface area contributed by atoms with Gasteiger partial charge in [-0.15, -0.1) is 11.6 Å². The monoisotopic (exact) mass is 316 g/mol. The van der Waals surface area contributed by atoms with Gasteiger partial charge in [0.1, 0.15) is 5.38 Å². The molecule has 2 rings (SSSR count). The van der Waals surface area contributed by atoms with Crippen molar-refractivity contribution in [1.82, 2.24) is 20.9 Å². The van der Waals surface area contributed by atoms with Gasteiger partial charge >= 0.3 is 0 Å². The minimum atomic E-state index is -0.822. The zero-order chi connectivity index (χ0) is 15.1. The highest BCUT2D eigenvalue weighted by Gasteiger charge is 2.23. The average molecular weight is 317 g/mol. The molecular formula is C14H25ClN4O2. The number of hydrogen-bond acceptors (Lipinski definition) is 4. The van der Waals surface area contributed by atoms with E-state index in [4.69, 9.17) is 11.6 Å². The van der Waals surface area contributed by atoms with Crippen molar-refractivity contribution in [1.29, 1.82) is 0 Å². The number of hydrogen-bond donors (Lipinski definition) is 2. The topological polar surface area (TPSA) is 64.7 Å². The van der Waals surface area contributed by atoms with Gasteiger partial charge in [-0.25, -0.2) is 10.0 Å². The van der Waals surface area contributed by atoms with Gasteiger partial charge < -0.3 is 0 Å². The number of rotatable bonds is 5. The van der Waals surface area contributed by atoms with E-state index >= 15 is 0 Å². The number of piperidine rings is 2. The van der Waals surface area contributed by atoms with Crippen LogP contribution in [0.25, 0.3) is 0 Å². The van der Waals surface area contributed by atoms with E-state index in [1.165, 1.54) is 12.8 Å². The predicted octanol–water partition coefficient (Wildman–Crippen LogP) is 1.02. The summed E-state index contributed by atoms with van der Waals surface area (Å²) >= 11 is 6.05. The van der Waals surface area contributed by atoms with Gasteiger partial charge in [0.25, 0.3) is 5.91 Å². The lowest BCUT2D eigenvalue weighted by molar-refractivity contribution is -0.131. The Balaban J connectivity index is 1.67. The molecule has 0 radical (unpaired) electrons. The molecule has 0 saturated carbocycles. The Morgan fingerprint density at radius 3 is 1.86 bits per heavy atom. The zero-order valence-corrected chi connectivity index (χ0v) is 13.2. The second-order valence-electron chi connectivity index (χ2n) is 5.78. The SMILES string of the molecule is O=C(CC(Cl)C(=O)NN1CCCCC1)NN1CCCCC1. The van der Waals surface area contributed by atoms with Gasteiger partial charge in [-0.2, -0.15) is 0 Å². The molecule has 0 bridgehead atoms. The Bertz CT molecular complexity index is 355. The number of carbonyl (C=O) groups is 2. The molecule has 0 spiro atoms. The third kappa shape index (κ3) is 5.80. The second kappa shape index (κ2) is 8.56. The van der Waals surface area contributed by atoms with Crippen LogP contribution >= 0.6 is 11.6 Å². The molecule has 120 valence electrons. The minimum absolute atomic E-state index is 0.0116. The smallest absolute Gasteiger partial charge is 0.252 e. The molecule has 1 atom stereocenters. The minimum Gasteiger partial charge on any atom is -0.289 e. The number of carbonyl (C=O) groups excluding carboxylic acids is 2. The summed E-state index contributed by atoms with van der Waals surface area (Å²) < 4.78 is 0. The number of nitrogens with one attached hydrogen (secondary N) is 2. The zero-order valence-electron chi connectivity index (χ0n) is 12.4. The van der Waals surface area contributed by atoms with E-state index in [0.717, 1.165) is 51.9 Å². The largest absolute Gasteiger partial charge is 0.289 e. The second-order valence-corrected chi connectivity index (χ2v) is 6.30. The quantitative estimate of drug-likeness (QED) is 0.743. The molecule has 0 aromatic rings. The van der Waals surface area contributed by atoms with Gasteiger partial charge in [-0.3, -0.25) is 20.4 Å². The number of amides is 2. The summed E-state index contributed by atoms with van der Waals surface area (Å²) in [6.07, 6.45) is 6.79. The molecule has 2 saturated heterocycles. The molecule has 0 aromatic carbocycles. The van der Waals surface area contributed by atoms with Crippen LogP contribution in [0.15, 0.2) is 0 Å². The van der Waals surface area contributed by atoms with E-state index in [1.54, 1.807) is 0 Å². The molecule has 2 amide bonds. The van der Waals surface area contributed by atoms with Crippen molar-refractivity contribution in [3.8, 4) is 0 Å². The number of nitrogens with zero attached hydrogens (tertiary/aromatic N) is 2. The van der Waals surface area contributed by atoms with Crippen LogP contribution in [0.4, 0.5) is 0 Å². The Labute approximate surface area is 131 Å². The number of halogens is 1. The van der Waals surface area contributed by atoms with Crippen molar-refractivity contribution < 1.29 is 9.59 Å². The van der Waals surface area contributed by atoms with Gasteiger partial charge in [0.2, 0.25) is 5.91 Å². The Morgan fingerprint density at radius 1 is 0.857 bits per heavy atom. The van der Waals surface area contributed by atoms with Crippen LogP contribution in [0.1, 0.15) is 44.9 Å². The van der Waals surface area contributed by atoms with E-state index in [-0.39, 0.29) is 18.2 Å². The van der Waals surface area contributed by atoms with Crippen LogP contribution in [0.2, 0.25) is 0 Å². The van der Waals surface area contributed by atoms with Crippen LogP contribution < -0.4 is 10.9 Å². The number of hydrazine groups is 2. The Hall–Kier alpha value is -0.850. The molecule has 7 heteroatoms. The molecule has 1 unspecified atom stereocenters. The first-order valence-corrected chi connectivity index (χ1v) is 8.33. The van der Waals surface area contributed by atoms with Crippen LogP contribution in [-0.2, 0) is 9.59 Å². The van der Waals surface area contributed by atoms with Gasteiger partial charge in [0, 0.05) is 26.2 Å². The average Bonchev–Trinajstić information content (AvgIpc) is 2.49. The van der Waals surface area contributed by atoms with Crippen molar-refractivity contribution in [3.05, 3.63) is 0 Å². The van der Waals surface area contributed by atoms with Crippen molar-refractivity contribution in [2.75, 3.05) is 26.2 Å². The fourth-order valence-corrected chi connectivity index (χ4v) is 2.90. The van der Waals surface area contributed by atoms with Crippen molar-refractivity contribution in [2.24, 2.45) is 0 Å². The summed E-state index contributed by atoms with van der Waals surface area (Å²) in [5, 5.41) is 2.98. The highest BCUT2D eigenvalue weighted by Crippen LogP contribution is 2.09. The van der Waals surface area contributed by atoms with E-state index in [2.05, 4.69) is 10.9 Å².